The zero-order chi connectivity index (χ0) is 18.5. The molecule has 0 saturated carbocycles. The van der Waals surface area contributed by atoms with Gasteiger partial charge < -0.3 is 10.2 Å². The van der Waals surface area contributed by atoms with E-state index in [1.54, 1.807) is 17.5 Å². The van der Waals surface area contributed by atoms with Gasteiger partial charge in [-0.2, -0.15) is 0 Å². The highest BCUT2D eigenvalue weighted by Gasteiger charge is 2.23. The number of aryl methyl sites for hydroxylation is 1. The topological polar surface area (TPSA) is 61.4 Å². The molecule has 26 heavy (non-hydrogen) atoms. The quantitative estimate of drug-likeness (QED) is 0.843. The van der Waals surface area contributed by atoms with Gasteiger partial charge in [-0.05, 0) is 32.0 Å². The Morgan fingerprint density at radius 1 is 1.35 bits per heavy atom. The van der Waals surface area contributed by atoms with Crippen LogP contribution in [-0.4, -0.2) is 53.5 Å². The van der Waals surface area contributed by atoms with Crippen LogP contribution in [0.3, 0.4) is 0 Å². The molecule has 0 spiro atoms. The molecule has 1 aliphatic rings. The van der Waals surface area contributed by atoms with Crippen molar-refractivity contribution in [1.82, 2.24) is 20.2 Å². The van der Waals surface area contributed by atoms with E-state index in [0.29, 0.717) is 18.2 Å². The fourth-order valence-corrected chi connectivity index (χ4v) is 3.97. The van der Waals surface area contributed by atoms with E-state index >= 15 is 0 Å². The Labute approximate surface area is 159 Å². The number of amides is 1. The van der Waals surface area contributed by atoms with Crippen LogP contribution in [0.5, 0.6) is 0 Å². The first-order chi connectivity index (χ1) is 12.6. The van der Waals surface area contributed by atoms with Crippen molar-refractivity contribution in [2.24, 2.45) is 0 Å². The average molecular weight is 374 g/mol. The minimum absolute atomic E-state index is 0.109. The maximum absolute atomic E-state index is 12.3. The maximum atomic E-state index is 12.3. The number of carbonyl (C=O) groups excluding carboxylic acids is 1. The summed E-state index contributed by atoms with van der Waals surface area (Å²) in [6.07, 6.45) is 3.72. The summed E-state index contributed by atoms with van der Waals surface area (Å²) >= 11 is 1.58. The molecule has 1 aliphatic heterocycles. The molecule has 1 N–H and O–H groups in total. The maximum Gasteiger partial charge on any atom is 0.253 e. The number of likely N-dealkylation sites (N-methyl/N-ethyl adjacent to an activating group) is 1. The van der Waals surface area contributed by atoms with Crippen molar-refractivity contribution in [3.63, 3.8) is 0 Å². The third-order valence-electron chi connectivity index (χ3n) is 4.94. The fraction of sp³-hybridized carbons (Fsp3) is 0.526. The van der Waals surface area contributed by atoms with E-state index in [0.717, 1.165) is 49.0 Å². The van der Waals surface area contributed by atoms with Gasteiger partial charge in [-0.25, -0.2) is 9.97 Å². The lowest BCUT2D eigenvalue weighted by atomic mass is 10.1. The lowest BCUT2D eigenvalue weighted by molar-refractivity contribution is 0.0950. The summed E-state index contributed by atoms with van der Waals surface area (Å²) in [5.41, 5.74) is 1.66. The molecule has 1 unspecified atom stereocenters. The van der Waals surface area contributed by atoms with Crippen LogP contribution in [0.4, 0.5) is 5.82 Å². The molecule has 140 valence electrons. The number of hydrogen-bond acceptors (Lipinski definition) is 6. The fourth-order valence-electron chi connectivity index (χ4n) is 3.15. The number of nitrogens with zero attached hydrogens (tertiary/aromatic N) is 4. The Morgan fingerprint density at radius 2 is 2.19 bits per heavy atom. The monoisotopic (exact) mass is 373 g/mol. The summed E-state index contributed by atoms with van der Waals surface area (Å²) in [7, 11) is 2.18. The van der Waals surface area contributed by atoms with Crippen molar-refractivity contribution in [2.75, 3.05) is 31.6 Å². The van der Waals surface area contributed by atoms with Gasteiger partial charge >= 0.3 is 0 Å². The van der Waals surface area contributed by atoms with Crippen molar-refractivity contribution in [2.45, 2.75) is 39.3 Å². The van der Waals surface area contributed by atoms with E-state index in [4.69, 9.17) is 0 Å². The second-order valence-electron chi connectivity index (χ2n) is 6.66. The van der Waals surface area contributed by atoms with E-state index in [1.807, 2.05) is 17.5 Å². The highest BCUT2D eigenvalue weighted by molar-refractivity contribution is 7.09. The minimum Gasteiger partial charge on any atom is -0.354 e. The van der Waals surface area contributed by atoms with Gasteiger partial charge in [0.15, 0.2) is 0 Å². The summed E-state index contributed by atoms with van der Waals surface area (Å²) in [4.78, 5) is 26.0. The summed E-state index contributed by atoms with van der Waals surface area (Å²) < 4.78 is 0. The first-order valence-electron chi connectivity index (χ1n) is 9.23. The molecule has 1 amide bonds. The number of hydrogen-bond donors (Lipinski definition) is 1. The van der Waals surface area contributed by atoms with Gasteiger partial charge in [0.25, 0.3) is 5.91 Å². The van der Waals surface area contributed by atoms with Crippen LogP contribution >= 0.6 is 11.3 Å². The van der Waals surface area contributed by atoms with Gasteiger partial charge in [-0.15, -0.1) is 11.3 Å². The van der Waals surface area contributed by atoms with Crippen molar-refractivity contribution in [3.05, 3.63) is 40.0 Å². The molecule has 3 heterocycles. The minimum atomic E-state index is -0.109. The van der Waals surface area contributed by atoms with Crippen molar-refractivity contribution >= 4 is 23.1 Å². The molecule has 7 heteroatoms. The Morgan fingerprint density at radius 3 is 2.85 bits per heavy atom. The molecule has 1 atom stereocenters. The number of carbonyl (C=O) groups is 1. The number of rotatable bonds is 6. The van der Waals surface area contributed by atoms with Gasteiger partial charge in [-0.1, -0.05) is 13.8 Å². The normalized spacial score (nSPS) is 18.1. The molecule has 0 aliphatic carbocycles. The molecule has 0 bridgehead atoms. The Balaban J connectivity index is 1.57. The summed E-state index contributed by atoms with van der Waals surface area (Å²) in [6, 6.07) is 4.36. The zero-order valence-electron chi connectivity index (χ0n) is 15.7. The predicted molar refractivity (Wildman–Crippen MR) is 106 cm³/mol. The van der Waals surface area contributed by atoms with Gasteiger partial charge in [0, 0.05) is 37.3 Å². The lowest BCUT2D eigenvalue weighted by Crippen LogP contribution is -2.51. The van der Waals surface area contributed by atoms with Gasteiger partial charge in [0.05, 0.1) is 17.8 Å². The highest BCUT2D eigenvalue weighted by atomic mass is 32.1. The Kier molecular flexibility index (Phi) is 6.21. The molecule has 2 aromatic heterocycles. The predicted octanol–water partition coefficient (Wildman–Crippen LogP) is 2.56. The number of anilines is 1. The Bertz CT molecular complexity index is 730. The largest absolute Gasteiger partial charge is 0.354 e. The molecule has 1 saturated heterocycles. The molecule has 0 radical (unpaired) electrons. The lowest BCUT2D eigenvalue weighted by Gasteiger charge is -2.39. The van der Waals surface area contributed by atoms with Gasteiger partial charge in [0.2, 0.25) is 0 Å². The molecule has 6 nitrogen and oxygen atoms in total. The summed E-state index contributed by atoms with van der Waals surface area (Å²) in [6.45, 7) is 7.74. The van der Waals surface area contributed by atoms with Crippen LogP contribution in [0, 0.1) is 0 Å². The standard InChI is InChI=1S/C19H27N5OS/c1-4-15-13-26-18(22-15)11-21-19(25)14-6-7-17(20-10-14)24-9-8-23(3)16(5-2)12-24/h6-7,10,13,16H,4-5,8-9,11-12H2,1-3H3,(H,21,25). The van der Waals surface area contributed by atoms with Crippen LogP contribution in [0.25, 0.3) is 0 Å². The third-order valence-corrected chi connectivity index (χ3v) is 5.84. The molecule has 3 rings (SSSR count). The first-order valence-corrected chi connectivity index (χ1v) is 10.1. The van der Waals surface area contributed by atoms with Crippen LogP contribution in [0.1, 0.15) is 41.3 Å². The van der Waals surface area contributed by atoms with Crippen molar-refractivity contribution in [1.29, 1.82) is 0 Å². The molecule has 0 aromatic carbocycles. The SMILES string of the molecule is CCc1csc(CNC(=O)c2ccc(N3CCN(C)C(CC)C3)nc2)n1. The smallest absolute Gasteiger partial charge is 0.253 e. The van der Waals surface area contributed by atoms with E-state index in [-0.39, 0.29) is 5.91 Å². The first kappa shape index (κ1) is 18.8. The van der Waals surface area contributed by atoms with E-state index < -0.39 is 0 Å². The third kappa shape index (κ3) is 4.40. The Hall–Kier alpha value is -1.99. The van der Waals surface area contributed by atoms with E-state index in [2.05, 4.69) is 46.0 Å². The van der Waals surface area contributed by atoms with Crippen LogP contribution < -0.4 is 10.2 Å². The second kappa shape index (κ2) is 8.60. The molecular formula is C19H27N5OS. The van der Waals surface area contributed by atoms with Crippen molar-refractivity contribution < 1.29 is 4.79 Å². The van der Waals surface area contributed by atoms with E-state index in [9.17, 15) is 4.79 Å². The summed E-state index contributed by atoms with van der Waals surface area (Å²) in [5, 5.41) is 5.89. The number of pyridine rings is 1. The van der Waals surface area contributed by atoms with Crippen LogP contribution in [0.15, 0.2) is 23.7 Å². The zero-order valence-corrected chi connectivity index (χ0v) is 16.6. The molecule has 2 aromatic rings. The molecule has 1 fully saturated rings. The number of piperazine rings is 1. The highest BCUT2D eigenvalue weighted by Crippen LogP contribution is 2.18. The number of nitrogens with one attached hydrogen (secondary N) is 1. The molecular weight excluding hydrogens is 346 g/mol. The number of aromatic nitrogens is 2. The summed E-state index contributed by atoms with van der Waals surface area (Å²) in [5.74, 6) is 0.836. The second-order valence-corrected chi connectivity index (χ2v) is 7.61. The van der Waals surface area contributed by atoms with Crippen molar-refractivity contribution in [3.8, 4) is 0 Å². The number of thiazole rings is 1. The van der Waals surface area contributed by atoms with Gasteiger partial charge in [-0.3, -0.25) is 9.69 Å². The van der Waals surface area contributed by atoms with Gasteiger partial charge in [0.1, 0.15) is 10.8 Å². The van der Waals surface area contributed by atoms with E-state index in [1.165, 1.54) is 0 Å². The van der Waals surface area contributed by atoms with Crippen LogP contribution in [0.2, 0.25) is 0 Å². The van der Waals surface area contributed by atoms with Crippen LogP contribution in [-0.2, 0) is 13.0 Å². The average Bonchev–Trinajstić information content (AvgIpc) is 3.15.